The first-order valence-corrected chi connectivity index (χ1v) is 16.1. The van der Waals surface area contributed by atoms with Crippen LogP contribution in [0.5, 0.6) is 17.2 Å². The minimum absolute atomic E-state index is 0.146. The molecule has 0 aromatic heterocycles. The van der Waals surface area contributed by atoms with Crippen molar-refractivity contribution in [1.29, 1.82) is 0 Å². The largest absolute Gasteiger partial charge is 0.490 e. The number of aliphatic hydroxyl groups is 1. The molecule has 2 aliphatic heterocycles. The molecule has 4 rings (SSSR count). The molecular formula is C34H46F3N3O7. The predicted molar refractivity (Wildman–Crippen MR) is 170 cm³/mol. The second kappa shape index (κ2) is 16.5. The van der Waals surface area contributed by atoms with Gasteiger partial charge in [0, 0.05) is 44.3 Å². The summed E-state index contributed by atoms with van der Waals surface area (Å²) in [4.78, 5) is 30.2. The zero-order valence-corrected chi connectivity index (χ0v) is 27.5. The second-order valence-electron chi connectivity index (χ2n) is 12.6. The van der Waals surface area contributed by atoms with Crippen molar-refractivity contribution in [2.75, 3.05) is 45.5 Å². The molecule has 0 saturated heterocycles. The Morgan fingerprint density at radius 2 is 1.85 bits per heavy atom. The van der Waals surface area contributed by atoms with Crippen molar-refractivity contribution in [1.82, 2.24) is 9.80 Å². The molecule has 0 bridgehead atoms. The van der Waals surface area contributed by atoms with E-state index in [1.54, 1.807) is 17.9 Å². The van der Waals surface area contributed by atoms with E-state index in [2.05, 4.69) is 10.2 Å². The van der Waals surface area contributed by atoms with Crippen LogP contribution in [0.15, 0.2) is 36.4 Å². The minimum atomic E-state index is -4.46. The van der Waals surface area contributed by atoms with Crippen LogP contribution >= 0.6 is 0 Å². The van der Waals surface area contributed by atoms with E-state index in [1.165, 1.54) is 12.1 Å². The topological polar surface area (TPSA) is 110 Å². The summed E-state index contributed by atoms with van der Waals surface area (Å²) in [5.74, 6) is 0.337. The molecule has 2 aromatic rings. The molecule has 0 unspecified atom stereocenters. The summed E-state index contributed by atoms with van der Waals surface area (Å²) < 4.78 is 61.6. The Balaban J connectivity index is 1.56. The standard InChI is InChI=1S/C34H46F3N3O7/c1-22-17-40(23(2)20-41)33(43)27-16-26(38-32(42)12-13-34(35,36)37)9-11-28(27)47-24(3)7-5-6-14-44-31(22)19-39(4)18-25-8-10-29-30(15-25)46-21-45-29/h8-11,15-16,22-24,31,41H,5-7,12-14,17-21H2,1-4H3,(H,38,42)/t22-,23+,24-,31-/m0/s1. The fraction of sp³-hybridized carbons (Fsp3) is 0.588. The number of hydrogen-bond donors (Lipinski definition) is 2. The van der Waals surface area contributed by atoms with Crippen molar-refractivity contribution in [2.45, 2.75) is 83.8 Å². The molecule has 0 aliphatic carbocycles. The first-order valence-electron chi connectivity index (χ1n) is 16.1. The molecular weight excluding hydrogens is 619 g/mol. The zero-order valence-electron chi connectivity index (χ0n) is 27.5. The minimum Gasteiger partial charge on any atom is -0.490 e. The number of halogens is 3. The Morgan fingerprint density at radius 1 is 1.11 bits per heavy atom. The Labute approximate surface area is 274 Å². The molecule has 47 heavy (non-hydrogen) atoms. The van der Waals surface area contributed by atoms with E-state index in [0.29, 0.717) is 37.6 Å². The van der Waals surface area contributed by atoms with Crippen LogP contribution in [-0.4, -0.2) is 91.3 Å². The number of nitrogens with one attached hydrogen (secondary N) is 1. The van der Waals surface area contributed by atoms with Crippen molar-refractivity contribution < 1.29 is 46.8 Å². The van der Waals surface area contributed by atoms with E-state index in [-0.39, 0.29) is 49.3 Å². The maximum Gasteiger partial charge on any atom is 0.389 e. The monoisotopic (exact) mass is 665 g/mol. The van der Waals surface area contributed by atoms with Crippen LogP contribution < -0.4 is 19.5 Å². The highest BCUT2D eigenvalue weighted by Gasteiger charge is 2.31. The van der Waals surface area contributed by atoms with Crippen LogP contribution in [0, 0.1) is 5.92 Å². The van der Waals surface area contributed by atoms with Gasteiger partial charge in [0.2, 0.25) is 12.7 Å². The number of fused-ring (bicyclic) bond motifs is 2. The van der Waals surface area contributed by atoms with Crippen LogP contribution in [0.25, 0.3) is 0 Å². The fourth-order valence-electron chi connectivity index (χ4n) is 5.66. The Hall–Kier alpha value is -3.55. The van der Waals surface area contributed by atoms with Crippen LogP contribution in [0.1, 0.15) is 68.8 Å². The number of nitrogens with zero attached hydrogens (tertiary/aromatic N) is 2. The number of alkyl halides is 3. The number of likely N-dealkylation sites (N-methyl/N-ethyl adjacent to an activating group) is 1. The molecule has 260 valence electrons. The first-order chi connectivity index (χ1) is 22.3. The zero-order chi connectivity index (χ0) is 34.1. The fourth-order valence-corrected chi connectivity index (χ4v) is 5.66. The molecule has 2 heterocycles. The second-order valence-corrected chi connectivity index (χ2v) is 12.6. The van der Waals surface area contributed by atoms with Gasteiger partial charge in [-0.3, -0.25) is 14.5 Å². The Morgan fingerprint density at radius 3 is 2.60 bits per heavy atom. The molecule has 2 aliphatic rings. The molecule has 10 nitrogen and oxygen atoms in total. The van der Waals surface area contributed by atoms with E-state index in [0.717, 1.165) is 24.2 Å². The number of aliphatic hydroxyl groups excluding tert-OH is 1. The number of ether oxygens (including phenoxy) is 4. The summed E-state index contributed by atoms with van der Waals surface area (Å²) in [5, 5.41) is 12.6. The number of anilines is 1. The lowest BCUT2D eigenvalue weighted by Gasteiger charge is -2.36. The SMILES string of the molecule is C[C@H](CO)N1C[C@H](C)[C@H](CN(C)Cc2ccc3c(c2)OCO3)OCCCC[C@H](C)Oc2ccc(NC(=O)CCC(F)(F)F)cc2C1=O. The molecule has 0 spiro atoms. The van der Waals surface area contributed by atoms with Gasteiger partial charge in [0.1, 0.15) is 5.75 Å². The number of benzene rings is 2. The maximum absolute atomic E-state index is 14.2. The van der Waals surface area contributed by atoms with Crippen molar-refractivity contribution >= 4 is 17.5 Å². The number of rotatable bonds is 9. The van der Waals surface area contributed by atoms with Gasteiger partial charge >= 0.3 is 6.18 Å². The lowest BCUT2D eigenvalue weighted by Crippen LogP contribution is -2.47. The summed E-state index contributed by atoms with van der Waals surface area (Å²) in [6, 6.07) is 9.78. The third-order valence-electron chi connectivity index (χ3n) is 8.35. The van der Waals surface area contributed by atoms with E-state index in [1.807, 2.05) is 39.1 Å². The van der Waals surface area contributed by atoms with Gasteiger partial charge in [-0.25, -0.2) is 0 Å². The smallest absolute Gasteiger partial charge is 0.389 e. The number of hydrogen-bond acceptors (Lipinski definition) is 8. The van der Waals surface area contributed by atoms with E-state index >= 15 is 0 Å². The van der Waals surface area contributed by atoms with Gasteiger partial charge in [-0.05, 0) is 76.1 Å². The van der Waals surface area contributed by atoms with Crippen LogP contribution in [0.4, 0.5) is 18.9 Å². The lowest BCUT2D eigenvalue weighted by molar-refractivity contribution is -0.142. The normalized spacial score (nSPS) is 21.5. The molecule has 0 radical (unpaired) electrons. The maximum atomic E-state index is 14.2. The third-order valence-corrected chi connectivity index (χ3v) is 8.35. The summed E-state index contributed by atoms with van der Waals surface area (Å²) in [6.45, 7) is 7.56. The van der Waals surface area contributed by atoms with Gasteiger partial charge in [-0.1, -0.05) is 13.0 Å². The molecule has 2 aromatic carbocycles. The number of carbonyl (C=O) groups excluding carboxylic acids is 2. The van der Waals surface area contributed by atoms with Crippen molar-refractivity contribution in [3.63, 3.8) is 0 Å². The van der Waals surface area contributed by atoms with Gasteiger partial charge in [-0.15, -0.1) is 0 Å². The van der Waals surface area contributed by atoms with Crippen LogP contribution in [0.2, 0.25) is 0 Å². The van der Waals surface area contributed by atoms with Crippen LogP contribution in [-0.2, 0) is 16.1 Å². The highest BCUT2D eigenvalue weighted by atomic mass is 19.4. The summed E-state index contributed by atoms with van der Waals surface area (Å²) in [7, 11) is 2.01. The lowest BCUT2D eigenvalue weighted by atomic mass is 10.0. The third kappa shape index (κ3) is 10.7. The molecule has 0 saturated carbocycles. The van der Waals surface area contributed by atoms with Crippen molar-refractivity contribution in [2.24, 2.45) is 5.92 Å². The van der Waals surface area contributed by atoms with Crippen molar-refractivity contribution in [3.8, 4) is 17.2 Å². The molecule has 0 fully saturated rings. The quantitative estimate of drug-likeness (QED) is 0.355. The number of carbonyl (C=O) groups is 2. The van der Waals surface area contributed by atoms with Crippen LogP contribution in [0.3, 0.4) is 0 Å². The molecule has 2 amide bonds. The highest BCUT2D eigenvalue weighted by molar-refractivity contribution is 5.99. The predicted octanol–water partition coefficient (Wildman–Crippen LogP) is 5.62. The van der Waals surface area contributed by atoms with E-state index in [4.69, 9.17) is 18.9 Å². The summed E-state index contributed by atoms with van der Waals surface area (Å²) >= 11 is 0. The summed E-state index contributed by atoms with van der Waals surface area (Å²) in [5.41, 5.74) is 1.38. The molecule has 13 heteroatoms. The van der Waals surface area contributed by atoms with Gasteiger partial charge in [0.05, 0.1) is 36.8 Å². The van der Waals surface area contributed by atoms with Gasteiger partial charge in [0.25, 0.3) is 5.91 Å². The molecule has 4 atom stereocenters. The Bertz CT molecular complexity index is 1360. The van der Waals surface area contributed by atoms with E-state index < -0.39 is 36.9 Å². The summed E-state index contributed by atoms with van der Waals surface area (Å²) in [6.07, 6.45) is -4.60. The highest BCUT2D eigenvalue weighted by Crippen LogP contribution is 2.33. The van der Waals surface area contributed by atoms with Crippen molar-refractivity contribution in [3.05, 3.63) is 47.5 Å². The average Bonchev–Trinajstić information content (AvgIpc) is 3.49. The Kier molecular flexibility index (Phi) is 12.8. The van der Waals surface area contributed by atoms with Gasteiger partial charge < -0.3 is 34.3 Å². The van der Waals surface area contributed by atoms with Gasteiger partial charge in [0.15, 0.2) is 11.5 Å². The first kappa shape index (κ1) is 36.3. The molecule has 2 N–H and O–H groups in total. The van der Waals surface area contributed by atoms with Gasteiger partial charge in [-0.2, -0.15) is 13.2 Å². The average molecular weight is 666 g/mol. The van der Waals surface area contributed by atoms with E-state index in [9.17, 15) is 27.9 Å². The number of amides is 2.